The summed E-state index contributed by atoms with van der Waals surface area (Å²) in [5, 5.41) is 12.4. The Labute approximate surface area is 199 Å². The van der Waals surface area contributed by atoms with Crippen LogP contribution in [0.3, 0.4) is 0 Å². The number of rotatable bonds is 6. The number of aliphatic carboxylic acids is 1. The molecule has 2 aromatic carbocycles. The Hall–Kier alpha value is -3.35. The van der Waals surface area contributed by atoms with E-state index in [1.54, 1.807) is 6.92 Å². The standard InChI is InChI=1S/C27H30N2O5/c1-27(25(31)32)11-6-12-29(27)24(30)15-17-13-18(14-17)28-26(33)34-16-23-21-9-4-2-7-19(21)20-8-3-5-10-22(20)23/h2-5,7-10,17-18,23H,6,11-16H2,1H3,(H,28,33)(H,31,32). The summed E-state index contributed by atoms with van der Waals surface area (Å²) in [5.41, 5.74) is 3.63. The minimum atomic E-state index is -1.10. The monoisotopic (exact) mass is 462 g/mol. The van der Waals surface area contributed by atoms with E-state index in [9.17, 15) is 19.5 Å². The molecule has 1 aliphatic heterocycles. The average molecular weight is 463 g/mol. The molecule has 2 amide bonds. The number of nitrogens with one attached hydrogen (secondary N) is 1. The number of ether oxygens (including phenoxy) is 1. The van der Waals surface area contributed by atoms with Gasteiger partial charge in [0.1, 0.15) is 12.1 Å². The van der Waals surface area contributed by atoms with E-state index in [2.05, 4.69) is 29.6 Å². The summed E-state index contributed by atoms with van der Waals surface area (Å²) in [4.78, 5) is 38.3. The Morgan fingerprint density at radius 3 is 2.29 bits per heavy atom. The molecular weight excluding hydrogens is 432 g/mol. The third-order valence-electron chi connectivity index (χ3n) is 7.77. The van der Waals surface area contributed by atoms with Gasteiger partial charge in [0.15, 0.2) is 0 Å². The number of nitrogens with zero attached hydrogens (tertiary/aromatic N) is 1. The van der Waals surface area contributed by atoms with Crippen molar-refractivity contribution in [2.45, 2.75) is 56.5 Å². The number of likely N-dealkylation sites (tertiary alicyclic amines) is 1. The van der Waals surface area contributed by atoms with Crippen molar-refractivity contribution in [3.8, 4) is 11.1 Å². The molecule has 7 heteroatoms. The van der Waals surface area contributed by atoms with Crippen LogP contribution in [-0.4, -0.2) is 52.7 Å². The molecule has 1 saturated heterocycles. The number of carbonyl (C=O) groups is 3. The molecule has 2 fully saturated rings. The maximum absolute atomic E-state index is 12.7. The van der Waals surface area contributed by atoms with Crippen LogP contribution in [-0.2, 0) is 14.3 Å². The summed E-state index contributed by atoms with van der Waals surface area (Å²) in [7, 11) is 0. The number of carbonyl (C=O) groups excluding carboxylic acids is 2. The van der Waals surface area contributed by atoms with Gasteiger partial charge in [0.25, 0.3) is 0 Å². The molecule has 178 valence electrons. The lowest BCUT2D eigenvalue weighted by molar-refractivity contribution is -0.156. The Morgan fingerprint density at radius 1 is 1.06 bits per heavy atom. The van der Waals surface area contributed by atoms with Crippen LogP contribution < -0.4 is 5.32 Å². The van der Waals surface area contributed by atoms with E-state index in [-0.39, 0.29) is 30.4 Å². The highest BCUT2D eigenvalue weighted by Gasteiger charge is 2.46. The maximum atomic E-state index is 12.7. The normalized spacial score (nSPS) is 25.3. The minimum absolute atomic E-state index is 0.0158. The van der Waals surface area contributed by atoms with E-state index in [0.717, 1.165) is 0 Å². The fourth-order valence-corrected chi connectivity index (χ4v) is 5.77. The first-order valence-electron chi connectivity index (χ1n) is 12.0. The van der Waals surface area contributed by atoms with Crippen LogP contribution >= 0.6 is 0 Å². The zero-order valence-electron chi connectivity index (χ0n) is 19.3. The van der Waals surface area contributed by atoms with Crippen LogP contribution in [0.5, 0.6) is 0 Å². The van der Waals surface area contributed by atoms with Gasteiger partial charge in [0.05, 0.1) is 0 Å². The largest absolute Gasteiger partial charge is 0.480 e. The van der Waals surface area contributed by atoms with Crippen molar-refractivity contribution in [1.29, 1.82) is 0 Å². The average Bonchev–Trinajstić information content (AvgIpc) is 3.35. The topological polar surface area (TPSA) is 95.9 Å². The Morgan fingerprint density at radius 2 is 1.68 bits per heavy atom. The summed E-state index contributed by atoms with van der Waals surface area (Å²) in [5.74, 6) is -0.868. The van der Waals surface area contributed by atoms with Crippen molar-refractivity contribution in [2.75, 3.05) is 13.2 Å². The van der Waals surface area contributed by atoms with E-state index in [4.69, 9.17) is 4.74 Å². The number of carboxylic acid groups (broad SMARTS) is 1. The summed E-state index contributed by atoms with van der Waals surface area (Å²) in [6, 6.07) is 16.4. The van der Waals surface area contributed by atoms with E-state index in [0.29, 0.717) is 38.6 Å². The van der Waals surface area contributed by atoms with Crippen LogP contribution in [0.15, 0.2) is 48.5 Å². The molecule has 2 aliphatic carbocycles. The minimum Gasteiger partial charge on any atom is -0.480 e. The van der Waals surface area contributed by atoms with Gasteiger partial charge in [0, 0.05) is 24.9 Å². The van der Waals surface area contributed by atoms with Gasteiger partial charge in [-0.25, -0.2) is 9.59 Å². The van der Waals surface area contributed by atoms with Gasteiger partial charge in [-0.1, -0.05) is 48.5 Å². The predicted molar refractivity (Wildman–Crippen MR) is 126 cm³/mol. The van der Waals surface area contributed by atoms with E-state index < -0.39 is 17.6 Å². The van der Waals surface area contributed by atoms with E-state index >= 15 is 0 Å². The highest BCUT2D eigenvalue weighted by Crippen LogP contribution is 2.44. The number of fused-ring (bicyclic) bond motifs is 3. The number of carboxylic acids is 1. The Bertz CT molecular complexity index is 1080. The summed E-state index contributed by atoms with van der Waals surface area (Å²) in [6.07, 6.45) is 2.50. The zero-order chi connectivity index (χ0) is 23.9. The van der Waals surface area contributed by atoms with Crippen molar-refractivity contribution in [3.63, 3.8) is 0 Å². The summed E-state index contributed by atoms with van der Waals surface area (Å²) < 4.78 is 5.61. The van der Waals surface area contributed by atoms with Gasteiger partial charge in [0.2, 0.25) is 5.91 Å². The molecule has 7 nitrogen and oxygen atoms in total. The lowest BCUT2D eigenvalue weighted by atomic mass is 9.78. The zero-order valence-corrected chi connectivity index (χ0v) is 19.3. The first kappa shape index (κ1) is 22.4. The molecule has 2 aromatic rings. The fourth-order valence-electron chi connectivity index (χ4n) is 5.77. The molecule has 0 aromatic heterocycles. The van der Waals surface area contributed by atoms with Crippen LogP contribution in [0, 0.1) is 5.92 Å². The van der Waals surface area contributed by atoms with Crippen molar-refractivity contribution in [3.05, 3.63) is 59.7 Å². The van der Waals surface area contributed by atoms with E-state index in [1.807, 2.05) is 24.3 Å². The third kappa shape index (κ3) is 3.93. The molecule has 1 saturated carbocycles. The fraction of sp³-hybridized carbons (Fsp3) is 0.444. The summed E-state index contributed by atoms with van der Waals surface area (Å²) in [6.45, 7) is 2.40. The molecular formula is C27H30N2O5. The number of amides is 2. The molecule has 34 heavy (non-hydrogen) atoms. The quantitative estimate of drug-likeness (QED) is 0.672. The Kier molecular flexibility index (Phi) is 5.80. The predicted octanol–water partition coefficient (Wildman–Crippen LogP) is 4.16. The highest BCUT2D eigenvalue weighted by atomic mass is 16.5. The molecule has 0 bridgehead atoms. The third-order valence-corrected chi connectivity index (χ3v) is 7.77. The lowest BCUT2D eigenvalue weighted by Gasteiger charge is -2.38. The van der Waals surface area contributed by atoms with Crippen molar-refractivity contribution >= 4 is 18.0 Å². The van der Waals surface area contributed by atoms with Crippen molar-refractivity contribution in [2.24, 2.45) is 5.92 Å². The van der Waals surface area contributed by atoms with E-state index in [1.165, 1.54) is 27.2 Å². The Balaban J connectivity index is 1.10. The molecule has 1 atom stereocenters. The molecule has 5 rings (SSSR count). The second-order valence-corrected chi connectivity index (χ2v) is 9.94. The molecule has 3 aliphatic rings. The van der Waals surface area contributed by atoms with Crippen LogP contribution in [0.4, 0.5) is 4.79 Å². The number of alkyl carbamates (subject to hydrolysis) is 1. The number of benzene rings is 2. The smallest absolute Gasteiger partial charge is 0.407 e. The van der Waals surface area contributed by atoms with Crippen molar-refractivity contribution in [1.82, 2.24) is 10.2 Å². The lowest BCUT2D eigenvalue weighted by Crippen LogP contribution is -2.52. The SMILES string of the molecule is CC1(C(=O)O)CCCN1C(=O)CC1CC(NC(=O)OCC2c3ccccc3-c3ccccc32)C1. The molecule has 0 spiro atoms. The van der Waals surface area contributed by atoms with Gasteiger partial charge in [-0.3, -0.25) is 4.79 Å². The van der Waals surface area contributed by atoms with Gasteiger partial charge < -0.3 is 20.1 Å². The summed E-state index contributed by atoms with van der Waals surface area (Å²) >= 11 is 0. The maximum Gasteiger partial charge on any atom is 0.407 e. The van der Waals surface area contributed by atoms with Gasteiger partial charge in [-0.05, 0) is 60.8 Å². The molecule has 2 N–H and O–H groups in total. The van der Waals surface area contributed by atoms with Crippen LogP contribution in [0.25, 0.3) is 11.1 Å². The number of hydrogen-bond acceptors (Lipinski definition) is 4. The second-order valence-electron chi connectivity index (χ2n) is 9.94. The molecule has 1 heterocycles. The van der Waals surface area contributed by atoms with Gasteiger partial charge in [-0.15, -0.1) is 0 Å². The highest BCUT2D eigenvalue weighted by molar-refractivity contribution is 5.87. The number of hydrogen-bond donors (Lipinski definition) is 2. The van der Waals surface area contributed by atoms with Gasteiger partial charge in [-0.2, -0.15) is 0 Å². The van der Waals surface area contributed by atoms with Crippen LogP contribution in [0.1, 0.15) is 56.1 Å². The first-order chi connectivity index (χ1) is 16.4. The van der Waals surface area contributed by atoms with Crippen LogP contribution in [0.2, 0.25) is 0 Å². The second kappa shape index (κ2) is 8.78. The first-order valence-corrected chi connectivity index (χ1v) is 12.0. The molecule has 0 radical (unpaired) electrons. The van der Waals surface area contributed by atoms with Crippen molar-refractivity contribution < 1.29 is 24.2 Å². The molecule has 1 unspecified atom stereocenters. The van der Waals surface area contributed by atoms with Gasteiger partial charge >= 0.3 is 12.1 Å².